The fraction of sp³-hybridized carbons (Fsp3) is 0. The molecule has 0 unspecified atom stereocenters. The van der Waals surface area contributed by atoms with Gasteiger partial charge in [0.15, 0.2) is 5.82 Å². The number of halogens is 2. The summed E-state index contributed by atoms with van der Waals surface area (Å²) in [5, 5.41) is 4.21. The standard InChI is InChI=1S/C19H13F2N5S/c20-12-6-7-13(21)14(9-12)26-18-16(22)19(25-10-24-18)27-15-5-1-3-11-4-2-8-23-17(11)15/h1-10H,22H2,(H,24,25,26). The molecule has 2 aromatic carbocycles. The molecule has 0 saturated heterocycles. The van der Waals surface area contributed by atoms with Gasteiger partial charge in [0.25, 0.3) is 0 Å². The molecule has 2 aromatic heterocycles. The van der Waals surface area contributed by atoms with Gasteiger partial charge in [0, 0.05) is 22.5 Å². The largest absolute Gasteiger partial charge is 0.394 e. The smallest absolute Gasteiger partial charge is 0.158 e. The summed E-state index contributed by atoms with van der Waals surface area (Å²) in [4.78, 5) is 13.5. The number of anilines is 3. The van der Waals surface area contributed by atoms with Crippen LogP contribution in [0.4, 0.5) is 26.0 Å². The number of nitrogens with one attached hydrogen (secondary N) is 1. The van der Waals surface area contributed by atoms with Gasteiger partial charge in [0.1, 0.15) is 28.7 Å². The second-order valence-electron chi connectivity index (χ2n) is 5.62. The maximum absolute atomic E-state index is 13.9. The van der Waals surface area contributed by atoms with Crippen molar-refractivity contribution in [3.63, 3.8) is 0 Å². The molecule has 0 fully saturated rings. The highest BCUT2D eigenvalue weighted by Gasteiger charge is 2.13. The molecule has 0 bridgehead atoms. The molecule has 2 heterocycles. The second-order valence-corrected chi connectivity index (χ2v) is 6.65. The van der Waals surface area contributed by atoms with Crippen molar-refractivity contribution in [2.24, 2.45) is 0 Å². The van der Waals surface area contributed by atoms with Gasteiger partial charge in [0.05, 0.1) is 11.2 Å². The Labute approximate surface area is 157 Å². The van der Waals surface area contributed by atoms with E-state index in [1.165, 1.54) is 18.1 Å². The van der Waals surface area contributed by atoms with Crippen LogP contribution < -0.4 is 11.1 Å². The van der Waals surface area contributed by atoms with Crippen molar-refractivity contribution in [3.05, 3.63) is 72.7 Å². The molecule has 0 amide bonds. The number of benzene rings is 2. The van der Waals surface area contributed by atoms with Crippen LogP contribution in [-0.2, 0) is 0 Å². The van der Waals surface area contributed by atoms with Crippen molar-refractivity contribution in [3.8, 4) is 0 Å². The van der Waals surface area contributed by atoms with E-state index in [1.807, 2.05) is 30.3 Å². The van der Waals surface area contributed by atoms with Crippen molar-refractivity contribution in [2.75, 3.05) is 11.1 Å². The summed E-state index contributed by atoms with van der Waals surface area (Å²) in [5.74, 6) is -0.977. The summed E-state index contributed by atoms with van der Waals surface area (Å²) in [7, 11) is 0. The summed E-state index contributed by atoms with van der Waals surface area (Å²) in [6.07, 6.45) is 3.03. The average Bonchev–Trinajstić information content (AvgIpc) is 2.68. The number of hydrogen-bond acceptors (Lipinski definition) is 6. The monoisotopic (exact) mass is 381 g/mol. The minimum absolute atomic E-state index is 0.0526. The lowest BCUT2D eigenvalue weighted by molar-refractivity contribution is 0.603. The van der Waals surface area contributed by atoms with E-state index in [2.05, 4.69) is 20.3 Å². The van der Waals surface area contributed by atoms with E-state index in [-0.39, 0.29) is 17.2 Å². The zero-order valence-corrected chi connectivity index (χ0v) is 14.7. The van der Waals surface area contributed by atoms with Gasteiger partial charge in [-0.25, -0.2) is 18.7 Å². The van der Waals surface area contributed by atoms with Crippen molar-refractivity contribution in [1.82, 2.24) is 15.0 Å². The Hall–Kier alpha value is -3.26. The Kier molecular flexibility index (Phi) is 4.55. The molecule has 134 valence electrons. The number of nitrogens with two attached hydrogens (primary N) is 1. The zero-order valence-electron chi connectivity index (χ0n) is 13.9. The molecule has 27 heavy (non-hydrogen) atoms. The number of aromatic nitrogens is 3. The van der Waals surface area contributed by atoms with E-state index in [9.17, 15) is 8.78 Å². The molecule has 0 aliphatic carbocycles. The Morgan fingerprint density at radius 2 is 1.81 bits per heavy atom. The Morgan fingerprint density at radius 3 is 2.70 bits per heavy atom. The van der Waals surface area contributed by atoms with Crippen LogP contribution >= 0.6 is 11.8 Å². The minimum atomic E-state index is -0.609. The molecular weight excluding hydrogens is 368 g/mol. The van der Waals surface area contributed by atoms with Gasteiger partial charge < -0.3 is 11.1 Å². The van der Waals surface area contributed by atoms with E-state index in [0.717, 1.165) is 34.0 Å². The number of pyridine rings is 1. The van der Waals surface area contributed by atoms with Gasteiger partial charge in [-0.3, -0.25) is 4.98 Å². The van der Waals surface area contributed by atoms with Crippen molar-refractivity contribution < 1.29 is 8.78 Å². The van der Waals surface area contributed by atoms with Crippen molar-refractivity contribution in [1.29, 1.82) is 0 Å². The first-order valence-electron chi connectivity index (χ1n) is 7.96. The number of nitrogens with zero attached hydrogens (tertiary/aromatic N) is 3. The van der Waals surface area contributed by atoms with Crippen LogP contribution in [0.5, 0.6) is 0 Å². The average molecular weight is 381 g/mol. The second kappa shape index (κ2) is 7.16. The van der Waals surface area contributed by atoms with Crippen molar-refractivity contribution >= 4 is 39.9 Å². The predicted molar refractivity (Wildman–Crippen MR) is 102 cm³/mol. The molecule has 8 heteroatoms. The Morgan fingerprint density at radius 1 is 0.963 bits per heavy atom. The number of hydrogen-bond donors (Lipinski definition) is 2. The van der Waals surface area contributed by atoms with Gasteiger partial charge in [-0.2, -0.15) is 0 Å². The molecular formula is C19H13F2N5S. The summed E-state index contributed by atoms with van der Waals surface area (Å²) in [6, 6.07) is 12.8. The van der Waals surface area contributed by atoms with Gasteiger partial charge >= 0.3 is 0 Å². The normalized spacial score (nSPS) is 10.9. The highest BCUT2D eigenvalue weighted by molar-refractivity contribution is 7.99. The number of nitrogen functional groups attached to an aromatic ring is 1. The molecule has 4 aromatic rings. The van der Waals surface area contributed by atoms with Crippen LogP contribution in [0.2, 0.25) is 0 Å². The van der Waals surface area contributed by atoms with Gasteiger partial charge in [-0.1, -0.05) is 30.0 Å². The lowest BCUT2D eigenvalue weighted by Crippen LogP contribution is -2.03. The van der Waals surface area contributed by atoms with Crippen LogP contribution in [-0.4, -0.2) is 15.0 Å². The minimum Gasteiger partial charge on any atom is -0.394 e. The first-order chi connectivity index (χ1) is 13.1. The van der Waals surface area contributed by atoms with Crippen LogP contribution in [0, 0.1) is 11.6 Å². The number of para-hydroxylation sites is 1. The lowest BCUT2D eigenvalue weighted by Gasteiger charge is -2.12. The van der Waals surface area contributed by atoms with E-state index in [0.29, 0.717) is 5.03 Å². The Balaban J connectivity index is 1.69. The van der Waals surface area contributed by atoms with E-state index in [1.54, 1.807) is 6.20 Å². The van der Waals surface area contributed by atoms with E-state index in [4.69, 9.17) is 5.73 Å². The first-order valence-corrected chi connectivity index (χ1v) is 8.77. The van der Waals surface area contributed by atoms with Crippen LogP contribution in [0.25, 0.3) is 10.9 Å². The van der Waals surface area contributed by atoms with Gasteiger partial charge in [-0.15, -0.1) is 0 Å². The first kappa shape index (κ1) is 17.2. The molecule has 3 N–H and O–H groups in total. The molecule has 4 rings (SSSR count). The molecule has 5 nitrogen and oxygen atoms in total. The third-order valence-corrected chi connectivity index (χ3v) is 4.90. The third-order valence-electron chi connectivity index (χ3n) is 3.83. The molecule has 0 atom stereocenters. The molecule has 0 radical (unpaired) electrons. The lowest BCUT2D eigenvalue weighted by atomic mass is 10.2. The zero-order chi connectivity index (χ0) is 18.8. The van der Waals surface area contributed by atoms with Gasteiger partial charge in [0.2, 0.25) is 0 Å². The third kappa shape index (κ3) is 3.52. The van der Waals surface area contributed by atoms with Gasteiger partial charge in [-0.05, 0) is 24.3 Å². The van der Waals surface area contributed by atoms with Crippen LogP contribution in [0.15, 0.2) is 71.0 Å². The predicted octanol–water partition coefficient (Wildman–Crippen LogP) is 4.78. The summed E-state index contributed by atoms with van der Waals surface area (Å²) in [5.41, 5.74) is 7.18. The highest BCUT2D eigenvalue weighted by atomic mass is 32.2. The molecule has 0 aliphatic rings. The fourth-order valence-electron chi connectivity index (χ4n) is 2.54. The van der Waals surface area contributed by atoms with E-state index < -0.39 is 11.6 Å². The van der Waals surface area contributed by atoms with E-state index >= 15 is 0 Å². The molecule has 0 saturated carbocycles. The highest BCUT2D eigenvalue weighted by Crippen LogP contribution is 2.36. The van der Waals surface area contributed by atoms with Crippen LogP contribution in [0.1, 0.15) is 0 Å². The van der Waals surface area contributed by atoms with Crippen LogP contribution in [0.3, 0.4) is 0 Å². The summed E-state index contributed by atoms with van der Waals surface area (Å²) < 4.78 is 27.3. The molecule has 0 spiro atoms. The molecule has 0 aliphatic heterocycles. The Bertz CT molecular complexity index is 1130. The SMILES string of the molecule is Nc1c(Nc2cc(F)ccc2F)ncnc1Sc1cccc2cccnc12. The topological polar surface area (TPSA) is 76.7 Å². The van der Waals surface area contributed by atoms with Crippen molar-refractivity contribution in [2.45, 2.75) is 9.92 Å². The number of rotatable bonds is 4. The maximum Gasteiger partial charge on any atom is 0.158 e. The quantitative estimate of drug-likeness (QED) is 0.496. The maximum atomic E-state index is 13.9. The summed E-state index contributed by atoms with van der Waals surface area (Å²) in [6.45, 7) is 0. The summed E-state index contributed by atoms with van der Waals surface area (Å²) >= 11 is 1.33. The number of fused-ring (bicyclic) bond motifs is 1. The fourth-order valence-corrected chi connectivity index (χ4v) is 3.47.